The molecule has 0 N–H and O–H groups in total. The number of halogens is 1. The van der Waals surface area contributed by atoms with Gasteiger partial charge in [-0.2, -0.15) is 0 Å². The summed E-state index contributed by atoms with van der Waals surface area (Å²) in [4.78, 5) is 12.8. The van der Waals surface area contributed by atoms with Crippen LogP contribution in [0.5, 0.6) is 0 Å². The highest BCUT2D eigenvalue weighted by Crippen LogP contribution is 2.29. The van der Waals surface area contributed by atoms with Crippen molar-refractivity contribution in [1.82, 2.24) is 0 Å². The summed E-state index contributed by atoms with van der Waals surface area (Å²) in [5, 5.41) is 0. The summed E-state index contributed by atoms with van der Waals surface area (Å²) in [7, 11) is 0. The van der Waals surface area contributed by atoms with Crippen molar-refractivity contribution >= 4 is 33.0 Å². The Morgan fingerprint density at radius 1 is 1.60 bits per heavy atom. The molecule has 0 amide bonds. The van der Waals surface area contributed by atoms with Gasteiger partial charge in [0.05, 0.1) is 8.66 Å². The highest BCUT2D eigenvalue weighted by atomic mass is 79.9. The summed E-state index contributed by atoms with van der Waals surface area (Å²) in [5.74, 6) is 0.790. The van der Waals surface area contributed by atoms with E-state index in [4.69, 9.17) is 0 Å². The highest BCUT2D eigenvalue weighted by Gasteiger charge is 2.14. The Morgan fingerprint density at radius 3 is 2.73 bits per heavy atom. The number of hydrogen-bond donors (Lipinski definition) is 0. The summed E-state index contributed by atoms with van der Waals surface area (Å²) in [6.45, 7) is 6.33. The van der Waals surface area contributed by atoms with Crippen molar-refractivity contribution in [3.05, 3.63) is 20.3 Å². The van der Waals surface area contributed by atoms with E-state index in [1.165, 1.54) is 0 Å². The third-order valence-corrected chi connectivity index (χ3v) is 4.63. The Hall–Kier alpha value is -0.150. The van der Waals surface area contributed by atoms with Gasteiger partial charge < -0.3 is 0 Å². The van der Waals surface area contributed by atoms with Crippen LogP contribution in [0, 0.1) is 12.8 Å². The van der Waals surface area contributed by atoms with Gasteiger partial charge in [0, 0.05) is 6.42 Å². The van der Waals surface area contributed by atoms with E-state index in [-0.39, 0.29) is 5.78 Å². The van der Waals surface area contributed by atoms with Gasteiger partial charge in [-0.05, 0) is 40.4 Å². The van der Waals surface area contributed by atoms with Crippen molar-refractivity contribution in [3.8, 4) is 0 Å². The molecular formula is C12H17BrOS. The fraction of sp³-hybridized carbons (Fsp3) is 0.583. The normalized spacial score (nSPS) is 12.8. The molecule has 0 saturated heterocycles. The number of ketones is 1. The van der Waals surface area contributed by atoms with E-state index >= 15 is 0 Å². The van der Waals surface area contributed by atoms with Crippen LogP contribution in [0.3, 0.4) is 0 Å². The van der Waals surface area contributed by atoms with Crippen molar-refractivity contribution in [1.29, 1.82) is 0 Å². The van der Waals surface area contributed by atoms with Gasteiger partial charge in [0.2, 0.25) is 0 Å². The third kappa shape index (κ3) is 3.72. The zero-order valence-corrected chi connectivity index (χ0v) is 11.9. The molecular weight excluding hydrogens is 272 g/mol. The third-order valence-electron chi connectivity index (χ3n) is 2.45. The van der Waals surface area contributed by atoms with Crippen LogP contribution in [0.2, 0.25) is 0 Å². The molecule has 1 aromatic heterocycles. The van der Waals surface area contributed by atoms with Crippen molar-refractivity contribution < 1.29 is 4.79 Å². The SMILES string of the molecule is CCCC(C)CC(=O)c1cc(C)c(Br)s1. The quantitative estimate of drug-likeness (QED) is 0.710. The molecule has 1 unspecified atom stereocenters. The molecule has 1 atom stereocenters. The molecule has 0 fully saturated rings. The maximum absolute atomic E-state index is 11.9. The number of thiophene rings is 1. The molecule has 3 heteroatoms. The number of aryl methyl sites for hydroxylation is 1. The Kier molecular flexibility index (Phi) is 5.00. The highest BCUT2D eigenvalue weighted by molar-refractivity contribution is 9.11. The lowest BCUT2D eigenvalue weighted by atomic mass is 9.99. The molecule has 1 rings (SSSR count). The first-order valence-electron chi connectivity index (χ1n) is 5.33. The molecule has 0 saturated carbocycles. The predicted molar refractivity (Wildman–Crippen MR) is 69.8 cm³/mol. The van der Waals surface area contributed by atoms with Crippen LogP contribution < -0.4 is 0 Å². The number of carbonyl (C=O) groups is 1. The molecule has 1 aromatic rings. The van der Waals surface area contributed by atoms with E-state index in [0.717, 1.165) is 27.1 Å². The number of hydrogen-bond acceptors (Lipinski definition) is 2. The molecule has 0 aromatic carbocycles. The maximum atomic E-state index is 11.9. The summed E-state index contributed by atoms with van der Waals surface area (Å²) in [6.07, 6.45) is 2.97. The molecule has 0 spiro atoms. The largest absolute Gasteiger partial charge is 0.293 e. The molecule has 0 radical (unpaired) electrons. The lowest BCUT2D eigenvalue weighted by Crippen LogP contribution is -2.04. The van der Waals surface area contributed by atoms with Gasteiger partial charge in [-0.25, -0.2) is 0 Å². The fourth-order valence-corrected chi connectivity index (χ4v) is 3.09. The monoisotopic (exact) mass is 288 g/mol. The summed E-state index contributed by atoms with van der Waals surface area (Å²) in [5.41, 5.74) is 1.16. The van der Waals surface area contributed by atoms with Crippen LogP contribution in [0.15, 0.2) is 9.85 Å². The standard InChI is InChI=1S/C12H17BrOS/c1-4-5-8(2)6-10(14)11-7-9(3)12(13)15-11/h7-8H,4-6H2,1-3H3. The summed E-state index contributed by atoms with van der Waals surface area (Å²) >= 11 is 5.00. The van der Waals surface area contributed by atoms with Gasteiger partial charge in [0.1, 0.15) is 0 Å². The zero-order valence-electron chi connectivity index (χ0n) is 9.47. The van der Waals surface area contributed by atoms with E-state index < -0.39 is 0 Å². The Labute approximate surface area is 104 Å². The first-order valence-corrected chi connectivity index (χ1v) is 6.94. The first kappa shape index (κ1) is 12.9. The van der Waals surface area contributed by atoms with E-state index in [0.29, 0.717) is 12.3 Å². The van der Waals surface area contributed by atoms with Gasteiger partial charge in [-0.3, -0.25) is 4.79 Å². The van der Waals surface area contributed by atoms with Crippen LogP contribution in [0.4, 0.5) is 0 Å². The van der Waals surface area contributed by atoms with Gasteiger partial charge >= 0.3 is 0 Å². The molecule has 1 heterocycles. The van der Waals surface area contributed by atoms with Crippen molar-refractivity contribution in [2.75, 3.05) is 0 Å². The average molecular weight is 289 g/mol. The molecule has 0 bridgehead atoms. The Morgan fingerprint density at radius 2 is 2.27 bits per heavy atom. The lowest BCUT2D eigenvalue weighted by Gasteiger charge is -2.07. The fourth-order valence-electron chi connectivity index (χ4n) is 1.61. The minimum atomic E-state index is 0.287. The second-order valence-electron chi connectivity index (χ2n) is 4.09. The zero-order chi connectivity index (χ0) is 11.4. The Balaban J connectivity index is 2.61. The van der Waals surface area contributed by atoms with Crippen LogP contribution in [-0.4, -0.2) is 5.78 Å². The number of carbonyl (C=O) groups excluding carboxylic acids is 1. The van der Waals surface area contributed by atoms with Gasteiger partial charge in [-0.15, -0.1) is 11.3 Å². The summed E-state index contributed by atoms with van der Waals surface area (Å²) < 4.78 is 1.08. The van der Waals surface area contributed by atoms with E-state index in [1.807, 2.05) is 13.0 Å². The van der Waals surface area contributed by atoms with Crippen LogP contribution in [0.1, 0.15) is 48.3 Å². The van der Waals surface area contributed by atoms with Crippen LogP contribution in [-0.2, 0) is 0 Å². The number of rotatable bonds is 5. The van der Waals surface area contributed by atoms with E-state index in [1.54, 1.807) is 11.3 Å². The second kappa shape index (κ2) is 5.80. The van der Waals surface area contributed by atoms with Gasteiger partial charge in [0.15, 0.2) is 5.78 Å². The molecule has 1 nitrogen and oxygen atoms in total. The van der Waals surface area contributed by atoms with Gasteiger partial charge in [0.25, 0.3) is 0 Å². The first-order chi connectivity index (χ1) is 7.04. The van der Waals surface area contributed by atoms with E-state index in [9.17, 15) is 4.79 Å². The van der Waals surface area contributed by atoms with E-state index in [2.05, 4.69) is 29.8 Å². The molecule has 84 valence electrons. The second-order valence-corrected chi connectivity index (χ2v) is 6.46. The smallest absolute Gasteiger partial charge is 0.173 e. The minimum Gasteiger partial charge on any atom is -0.293 e. The maximum Gasteiger partial charge on any atom is 0.173 e. The molecule has 0 aliphatic carbocycles. The van der Waals surface area contributed by atoms with Crippen molar-refractivity contribution in [2.45, 2.75) is 40.0 Å². The van der Waals surface area contributed by atoms with Crippen molar-refractivity contribution in [3.63, 3.8) is 0 Å². The average Bonchev–Trinajstić information content (AvgIpc) is 2.47. The molecule has 15 heavy (non-hydrogen) atoms. The minimum absolute atomic E-state index is 0.287. The Bertz CT molecular complexity index is 324. The van der Waals surface area contributed by atoms with Gasteiger partial charge in [-0.1, -0.05) is 26.7 Å². The number of Topliss-reactive ketones (excluding diaryl/α,β-unsaturated/α-hetero) is 1. The van der Waals surface area contributed by atoms with Crippen molar-refractivity contribution in [2.24, 2.45) is 5.92 Å². The molecule has 0 aliphatic rings. The lowest BCUT2D eigenvalue weighted by molar-refractivity contribution is 0.0966. The van der Waals surface area contributed by atoms with Crippen LogP contribution >= 0.6 is 27.3 Å². The molecule has 0 aliphatic heterocycles. The van der Waals surface area contributed by atoms with Crippen LogP contribution in [0.25, 0.3) is 0 Å². The summed E-state index contributed by atoms with van der Waals surface area (Å²) in [6, 6.07) is 1.98. The predicted octanol–water partition coefficient (Wildman–Crippen LogP) is 4.83. The topological polar surface area (TPSA) is 17.1 Å².